The minimum absolute atomic E-state index is 0. The Morgan fingerprint density at radius 2 is 2.16 bits per heavy atom. The molecule has 0 bridgehead atoms. The van der Waals surface area contributed by atoms with Crippen molar-refractivity contribution in [3.63, 3.8) is 0 Å². The van der Waals surface area contributed by atoms with Crippen LogP contribution in [0.15, 0.2) is 23.7 Å². The third-order valence-electron chi connectivity index (χ3n) is 2.37. The molecule has 8 heteroatoms. The summed E-state index contributed by atoms with van der Waals surface area (Å²) in [5, 5.41) is 10.8. The van der Waals surface area contributed by atoms with Crippen LogP contribution in [0.3, 0.4) is 0 Å². The lowest BCUT2D eigenvalue weighted by atomic mass is 10.2. The number of nitrogens with two attached hydrogens (primary N) is 1. The number of hydrogen-bond acceptors (Lipinski definition) is 3. The van der Waals surface area contributed by atoms with Gasteiger partial charge in [0.1, 0.15) is 5.49 Å². The Morgan fingerprint density at radius 3 is 2.68 bits per heavy atom. The fourth-order valence-electron chi connectivity index (χ4n) is 1.52. The third-order valence-corrected chi connectivity index (χ3v) is 3.95. The summed E-state index contributed by atoms with van der Waals surface area (Å²) >= 11 is 13.4. The largest absolute Gasteiger partial charge is 0.365 e. The van der Waals surface area contributed by atoms with Crippen LogP contribution < -0.4 is 11.2 Å². The zero-order valence-corrected chi connectivity index (χ0v) is 13.6. The van der Waals surface area contributed by atoms with Gasteiger partial charge in [0.05, 0.1) is 22.2 Å². The van der Waals surface area contributed by atoms with Crippen LogP contribution in [0.1, 0.15) is 15.2 Å². The lowest BCUT2D eigenvalue weighted by molar-refractivity contribution is 0.0998. The van der Waals surface area contributed by atoms with Gasteiger partial charge in [-0.25, -0.2) is 0 Å². The number of nitrogens with zero attached hydrogens (tertiary/aromatic N) is 1. The van der Waals surface area contributed by atoms with Crippen molar-refractivity contribution in [1.29, 1.82) is 5.41 Å². The van der Waals surface area contributed by atoms with E-state index in [0.29, 0.717) is 16.6 Å². The van der Waals surface area contributed by atoms with Crippen molar-refractivity contribution >= 4 is 57.4 Å². The summed E-state index contributed by atoms with van der Waals surface area (Å²) < 4.78 is 1.54. The van der Waals surface area contributed by atoms with Gasteiger partial charge in [-0.2, -0.15) is 0 Å². The maximum absolute atomic E-state index is 11.2. The Morgan fingerprint density at radius 1 is 1.47 bits per heavy atom. The van der Waals surface area contributed by atoms with Gasteiger partial charge in [0, 0.05) is 11.1 Å². The first-order valence-electron chi connectivity index (χ1n) is 4.95. The number of carbonyl (C=O) groups is 1. The summed E-state index contributed by atoms with van der Waals surface area (Å²) in [5.41, 5.74) is 5.32. The van der Waals surface area contributed by atoms with Gasteiger partial charge >= 0.3 is 0 Å². The molecule has 19 heavy (non-hydrogen) atoms. The average Bonchev–Trinajstić information content (AvgIpc) is 2.69. The SMILES string of the molecule is Br.N=c1c(C(N)=O)cc(Cl)cn1Cc1sccc1Cl. The lowest BCUT2D eigenvalue weighted by Gasteiger charge is -2.09. The zero-order valence-electron chi connectivity index (χ0n) is 9.52. The van der Waals surface area contributed by atoms with E-state index in [1.54, 1.807) is 16.8 Å². The number of primary amides is 1. The van der Waals surface area contributed by atoms with Gasteiger partial charge in [0.25, 0.3) is 5.91 Å². The molecular formula is C11H10BrCl2N3OS. The molecule has 0 aliphatic rings. The maximum atomic E-state index is 11.2. The molecule has 0 aliphatic carbocycles. The molecule has 2 aromatic rings. The number of amides is 1. The van der Waals surface area contributed by atoms with Crippen LogP contribution in [-0.2, 0) is 6.54 Å². The quantitative estimate of drug-likeness (QED) is 0.841. The molecule has 0 atom stereocenters. The molecule has 3 N–H and O–H groups in total. The first kappa shape index (κ1) is 16.2. The fourth-order valence-corrected chi connectivity index (χ4v) is 2.84. The molecule has 1 amide bonds. The summed E-state index contributed by atoms with van der Waals surface area (Å²) in [6, 6.07) is 3.17. The van der Waals surface area contributed by atoms with Gasteiger partial charge in [-0.05, 0) is 17.5 Å². The molecular weight excluding hydrogens is 373 g/mol. The van der Waals surface area contributed by atoms with E-state index in [0.717, 1.165) is 4.88 Å². The highest BCUT2D eigenvalue weighted by Gasteiger charge is 2.10. The lowest BCUT2D eigenvalue weighted by Crippen LogP contribution is -2.29. The number of hydrogen-bond donors (Lipinski definition) is 2. The average molecular weight is 383 g/mol. The van der Waals surface area contributed by atoms with Crippen molar-refractivity contribution in [3.8, 4) is 0 Å². The number of pyridine rings is 1. The third kappa shape index (κ3) is 3.60. The molecule has 2 aromatic heterocycles. The molecule has 0 radical (unpaired) electrons. The van der Waals surface area contributed by atoms with E-state index in [1.165, 1.54) is 17.4 Å². The van der Waals surface area contributed by atoms with Crippen LogP contribution in [0.2, 0.25) is 10.0 Å². The van der Waals surface area contributed by atoms with Crippen LogP contribution in [0.4, 0.5) is 0 Å². The standard InChI is InChI=1S/C11H9Cl2N3OS.BrH/c12-6-3-7(11(15)17)10(14)16(4-6)5-9-8(13)1-2-18-9;/h1-4,14H,5H2,(H2,15,17);1H. The Hall–Kier alpha value is -0.820. The molecule has 0 unspecified atom stereocenters. The highest BCUT2D eigenvalue weighted by Crippen LogP contribution is 2.22. The normalized spacial score (nSPS) is 10.0. The van der Waals surface area contributed by atoms with E-state index < -0.39 is 5.91 Å². The van der Waals surface area contributed by atoms with Gasteiger partial charge < -0.3 is 10.3 Å². The predicted molar refractivity (Wildman–Crippen MR) is 82.6 cm³/mol. The van der Waals surface area contributed by atoms with Gasteiger partial charge in [0.15, 0.2) is 0 Å². The van der Waals surface area contributed by atoms with E-state index >= 15 is 0 Å². The van der Waals surface area contributed by atoms with Crippen LogP contribution in [0, 0.1) is 5.41 Å². The molecule has 2 rings (SSSR count). The van der Waals surface area contributed by atoms with Crippen molar-refractivity contribution in [2.45, 2.75) is 6.54 Å². The minimum Gasteiger partial charge on any atom is -0.365 e. The Labute approximate surface area is 134 Å². The van der Waals surface area contributed by atoms with Gasteiger partial charge in [-0.3, -0.25) is 10.2 Å². The Bertz CT molecular complexity index is 668. The molecule has 2 heterocycles. The Balaban J connectivity index is 0.00000180. The monoisotopic (exact) mass is 381 g/mol. The molecule has 4 nitrogen and oxygen atoms in total. The molecule has 102 valence electrons. The molecule has 0 saturated heterocycles. The van der Waals surface area contributed by atoms with Crippen LogP contribution >= 0.6 is 51.5 Å². The molecule has 0 saturated carbocycles. The van der Waals surface area contributed by atoms with Crippen molar-refractivity contribution in [1.82, 2.24) is 4.57 Å². The topological polar surface area (TPSA) is 71.9 Å². The number of aromatic nitrogens is 1. The second-order valence-corrected chi connectivity index (χ2v) is 5.45. The summed E-state index contributed by atoms with van der Waals surface area (Å²) in [6.45, 7) is 0.385. The van der Waals surface area contributed by atoms with E-state index in [9.17, 15) is 4.79 Å². The minimum atomic E-state index is -0.673. The van der Waals surface area contributed by atoms with Gasteiger partial charge in [0.2, 0.25) is 0 Å². The summed E-state index contributed by atoms with van der Waals surface area (Å²) in [6.07, 6.45) is 1.58. The van der Waals surface area contributed by atoms with Crippen LogP contribution in [0.25, 0.3) is 0 Å². The van der Waals surface area contributed by atoms with Crippen molar-refractivity contribution in [3.05, 3.63) is 49.7 Å². The molecule has 0 fully saturated rings. The number of rotatable bonds is 3. The van der Waals surface area contributed by atoms with E-state index in [4.69, 9.17) is 34.3 Å². The van der Waals surface area contributed by atoms with E-state index in [1.807, 2.05) is 5.38 Å². The first-order chi connectivity index (χ1) is 8.49. The molecule has 0 spiro atoms. The van der Waals surface area contributed by atoms with Crippen molar-refractivity contribution < 1.29 is 4.79 Å². The van der Waals surface area contributed by atoms with E-state index in [2.05, 4.69) is 0 Å². The molecule has 0 aromatic carbocycles. The smallest absolute Gasteiger partial charge is 0.252 e. The highest BCUT2D eigenvalue weighted by molar-refractivity contribution is 8.93. The number of carbonyl (C=O) groups excluding carboxylic acids is 1. The highest BCUT2D eigenvalue weighted by atomic mass is 79.9. The van der Waals surface area contributed by atoms with Crippen molar-refractivity contribution in [2.24, 2.45) is 5.73 Å². The molecule has 0 aliphatic heterocycles. The van der Waals surface area contributed by atoms with Crippen molar-refractivity contribution in [2.75, 3.05) is 0 Å². The van der Waals surface area contributed by atoms with E-state index in [-0.39, 0.29) is 28.0 Å². The summed E-state index contributed by atoms with van der Waals surface area (Å²) in [4.78, 5) is 12.1. The number of nitrogens with one attached hydrogen (secondary N) is 1. The fraction of sp³-hybridized carbons (Fsp3) is 0.0909. The second kappa shape index (κ2) is 6.56. The first-order valence-corrected chi connectivity index (χ1v) is 6.59. The predicted octanol–water partition coefficient (Wildman–Crippen LogP) is 3.06. The summed E-state index contributed by atoms with van der Waals surface area (Å²) in [7, 11) is 0. The van der Waals surface area contributed by atoms with Crippen LogP contribution in [0.5, 0.6) is 0 Å². The Kier molecular flexibility index (Phi) is 5.61. The van der Waals surface area contributed by atoms with Crippen LogP contribution in [-0.4, -0.2) is 10.5 Å². The number of halogens is 3. The zero-order chi connectivity index (χ0) is 13.3. The number of thiophene rings is 1. The van der Waals surface area contributed by atoms with Gasteiger partial charge in [-0.15, -0.1) is 28.3 Å². The maximum Gasteiger partial charge on any atom is 0.252 e. The summed E-state index contributed by atoms with van der Waals surface area (Å²) in [5.74, 6) is -0.673. The van der Waals surface area contributed by atoms with Gasteiger partial charge in [-0.1, -0.05) is 23.2 Å². The second-order valence-electron chi connectivity index (χ2n) is 3.60.